The molecule has 0 bridgehead atoms. The van der Waals surface area contributed by atoms with Crippen molar-refractivity contribution in [2.75, 3.05) is 57.0 Å². The SMILES string of the molecule is CN(C)c1ccc(C(=O)N2CC[NH+](CC(=O)Nc3ccc(F)cc3)CC2)cc1. The van der Waals surface area contributed by atoms with E-state index in [9.17, 15) is 14.0 Å². The van der Waals surface area contributed by atoms with Crippen molar-refractivity contribution in [3.8, 4) is 0 Å². The molecule has 0 spiro atoms. The van der Waals surface area contributed by atoms with Crippen LogP contribution in [0.1, 0.15) is 10.4 Å². The molecule has 1 aliphatic heterocycles. The van der Waals surface area contributed by atoms with Crippen LogP contribution in [0.15, 0.2) is 48.5 Å². The molecular formula is C21H26FN4O2+. The van der Waals surface area contributed by atoms with Crippen molar-refractivity contribution in [3.05, 3.63) is 59.9 Å². The van der Waals surface area contributed by atoms with Crippen LogP contribution < -0.4 is 15.1 Å². The summed E-state index contributed by atoms with van der Waals surface area (Å²) in [5, 5.41) is 2.78. The van der Waals surface area contributed by atoms with E-state index >= 15 is 0 Å². The van der Waals surface area contributed by atoms with Gasteiger partial charge in [-0.1, -0.05) is 0 Å². The van der Waals surface area contributed by atoms with E-state index in [2.05, 4.69) is 5.32 Å². The van der Waals surface area contributed by atoms with Gasteiger partial charge in [0, 0.05) is 31.0 Å². The monoisotopic (exact) mass is 385 g/mol. The molecule has 0 aliphatic carbocycles. The summed E-state index contributed by atoms with van der Waals surface area (Å²) in [6, 6.07) is 13.3. The number of carbonyl (C=O) groups is 2. The zero-order valence-corrected chi connectivity index (χ0v) is 16.2. The van der Waals surface area contributed by atoms with Gasteiger partial charge in [-0.2, -0.15) is 0 Å². The first-order valence-electron chi connectivity index (χ1n) is 9.38. The Morgan fingerprint density at radius 1 is 1.04 bits per heavy atom. The second kappa shape index (κ2) is 8.84. The van der Waals surface area contributed by atoms with Crippen molar-refractivity contribution in [2.45, 2.75) is 0 Å². The highest BCUT2D eigenvalue weighted by Gasteiger charge is 2.26. The fraction of sp³-hybridized carbons (Fsp3) is 0.333. The van der Waals surface area contributed by atoms with Crippen LogP contribution in [0.4, 0.5) is 15.8 Å². The van der Waals surface area contributed by atoms with Gasteiger partial charge in [-0.15, -0.1) is 0 Å². The van der Waals surface area contributed by atoms with Crippen LogP contribution in [0, 0.1) is 5.82 Å². The van der Waals surface area contributed by atoms with Gasteiger partial charge in [0.15, 0.2) is 6.54 Å². The minimum absolute atomic E-state index is 0.0279. The number of rotatable bonds is 5. The Morgan fingerprint density at radius 3 is 2.21 bits per heavy atom. The number of nitrogens with one attached hydrogen (secondary N) is 2. The molecule has 1 heterocycles. The Labute approximate surface area is 164 Å². The van der Waals surface area contributed by atoms with Crippen molar-refractivity contribution in [1.82, 2.24) is 4.90 Å². The lowest BCUT2D eigenvalue weighted by Crippen LogP contribution is -3.15. The van der Waals surface area contributed by atoms with Gasteiger partial charge in [0.05, 0.1) is 26.2 Å². The lowest BCUT2D eigenvalue weighted by Gasteiger charge is -2.32. The lowest BCUT2D eigenvalue weighted by atomic mass is 10.1. The second-order valence-corrected chi connectivity index (χ2v) is 7.22. The summed E-state index contributed by atoms with van der Waals surface area (Å²) in [5.74, 6) is -0.415. The maximum absolute atomic E-state index is 12.9. The molecule has 0 aromatic heterocycles. The molecule has 7 heteroatoms. The minimum atomic E-state index is -0.333. The predicted octanol–water partition coefficient (Wildman–Crippen LogP) is 0.871. The maximum Gasteiger partial charge on any atom is 0.279 e. The standard InChI is InChI=1S/C21H25FN4O2/c1-24(2)19-9-3-16(4-10-19)21(28)26-13-11-25(12-14-26)15-20(27)23-18-7-5-17(22)6-8-18/h3-10H,11-15H2,1-2H3,(H,23,27)/p+1. The molecule has 2 amide bonds. The molecule has 0 saturated carbocycles. The molecule has 2 aromatic carbocycles. The third-order valence-electron chi connectivity index (χ3n) is 4.93. The van der Waals surface area contributed by atoms with E-state index in [1.807, 2.05) is 48.2 Å². The summed E-state index contributed by atoms with van der Waals surface area (Å²) < 4.78 is 12.9. The van der Waals surface area contributed by atoms with Crippen LogP contribution in [0.5, 0.6) is 0 Å². The molecule has 148 valence electrons. The van der Waals surface area contributed by atoms with Crippen LogP contribution in [0.2, 0.25) is 0 Å². The smallest absolute Gasteiger partial charge is 0.279 e. The summed E-state index contributed by atoms with van der Waals surface area (Å²) >= 11 is 0. The van der Waals surface area contributed by atoms with E-state index < -0.39 is 0 Å². The van der Waals surface area contributed by atoms with Crippen LogP contribution >= 0.6 is 0 Å². The summed E-state index contributed by atoms with van der Waals surface area (Å²) in [7, 11) is 3.93. The van der Waals surface area contributed by atoms with Gasteiger partial charge in [0.2, 0.25) is 0 Å². The third-order valence-corrected chi connectivity index (χ3v) is 4.93. The highest BCUT2D eigenvalue weighted by Crippen LogP contribution is 2.14. The summed E-state index contributed by atoms with van der Waals surface area (Å²) in [4.78, 5) is 29.8. The molecular weight excluding hydrogens is 359 g/mol. The molecule has 1 fully saturated rings. The van der Waals surface area contributed by atoms with Gasteiger partial charge >= 0.3 is 0 Å². The van der Waals surface area contributed by atoms with Crippen molar-refractivity contribution < 1.29 is 18.9 Å². The zero-order valence-electron chi connectivity index (χ0n) is 16.2. The number of anilines is 2. The van der Waals surface area contributed by atoms with Gasteiger partial charge in [0.1, 0.15) is 5.82 Å². The molecule has 28 heavy (non-hydrogen) atoms. The number of halogens is 1. The minimum Gasteiger partial charge on any atom is -0.378 e. The van der Waals surface area contributed by atoms with Gasteiger partial charge in [0.25, 0.3) is 11.8 Å². The van der Waals surface area contributed by atoms with E-state index in [1.54, 1.807) is 12.1 Å². The second-order valence-electron chi connectivity index (χ2n) is 7.22. The molecule has 0 atom stereocenters. The molecule has 2 aromatic rings. The van der Waals surface area contributed by atoms with E-state index in [1.165, 1.54) is 12.1 Å². The van der Waals surface area contributed by atoms with Crippen LogP contribution in [-0.2, 0) is 4.79 Å². The fourth-order valence-corrected chi connectivity index (χ4v) is 3.25. The van der Waals surface area contributed by atoms with E-state index in [0.29, 0.717) is 30.9 Å². The molecule has 0 unspecified atom stereocenters. The van der Waals surface area contributed by atoms with E-state index in [4.69, 9.17) is 0 Å². The number of benzene rings is 2. The predicted molar refractivity (Wildman–Crippen MR) is 107 cm³/mol. The number of piperazine rings is 1. The molecule has 3 rings (SSSR count). The van der Waals surface area contributed by atoms with Gasteiger partial charge in [-0.3, -0.25) is 9.59 Å². The number of nitrogens with zero attached hydrogens (tertiary/aromatic N) is 2. The maximum atomic E-state index is 12.9. The number of carbonyl (C=O) groups excluding carboxylic acids is 2. The first kappa shape index (κ1) is 19.8. The molecule has 2 N–H and O–H groups in total. The Balaban J connectivity index is 1.47. The Hall–Kier alpha value is -2.93. The average Bonchev–Trinajstić information content (AvgIpc) is 2.70. The number of quaternary nitrogens is 1. The van der Waals surface area contributed by atoms with Crippen LogP contribution in [0.3, 0.4) is 0 Å². The van der Waals surface area contributed by atoms with E-state index in [-0.39, 0.29) is 17.6 Å². The lowest BCUT2D eigenvalue weighted by molar-refractivity contribution is -0.895. The van der Waals surface area contributed by atoms with Crippen molar-refractivity contribution in [3.63, 3.8) is 0 Å². The summed E-state index contributed by atoms with van der Waals surface area (Å²) in [6.45, 7) is 3.01. The van der Waals surface area contributed by atoms with Gasteiger partial charge < -0.3 is 20.0 Å². The highest BCUT2D eigenvalue weighted by atomic mass is 19.1. The first-order valence-corrected chi connectivity index (χ1v) is 9.38. The first-order chi connectivity index (χ1) is 13.4. The summed E-state index contributed by atoms with van der Waals surface area (Å²) in [6.07, 6.45) is 0. The molecule has 1 saturated heterocycles. The van der Waals surface area contributed by atoms with Crippen molar-refractivity contribution in [1.29, 1.82) is 0 Å². The highest BCUT2D eigenvalue weighted by molar-refractivity contribution is 5.94. The van der Waals surface area contributed by atoms with Crippen molar-refractivity contribution in [2.24, 2.45) is 0 Å². The summed E-state index contributed by atoms with van der Waals surface area (Å²) in [5.41, 5.74) is 2.32. The molecule has 1 aliphatic rings. The van der Waals surface area contributed by atoms with Crippen molar-refractivity contribution >= 4 is 23.2 Å². The van der Waals surface area contributed by atoms with Crippen LogP contribution in [0.25, 0.3) is 0 Å². The fourth-order valence-electron chi connectivity index (χ4n) is 3.25. The number of hydrogen-bond donors (Lipinski definition) is 2. The Morgan fingerprint density at radius 2 is 1.64 bits per heavy atom. The topological polar surface area (TPSA) is 57.1 Å². The van der Waals surface area contributed by atoms with Gasteiger partial charge in [-0.25, -0.2) is 4.39 Å². The van der Waals surface area contributed by atoms with E-state index in [0.717, 1.165) is 23.7 Å². The Bertz CT molecular complexity index is 813. The number of amides is 2. The Kier molecular flexibility index (Phi) is 6.26. The quantitative estimate of drug-likeness (QED) is 0.803. The largest absolute Gasteiger partial charge is 0.378 e. The average molecular weight is 385 g/mol. The normalized spacial score (nSPS) is 14.6. The third kappa shape index (κ3) is 5.07. The zero-order chi connectivity index (χ0) is 20.1. The molecule has 0 radical (unpaired) electrons. The number of hydrogen-bond acceptors (Lipinski definition) is 3. The van der Waals surface area contributed by atoms with Gasteiger partial charge in [-0.05, 0) is 48.5 Å². The molecule has 6 nitrogen and oxygen atoms in total. The van der Waals surface area contributed by atoms with Crippen LogP contribution in [-0.4, -0.2) is 63.5 Å².